The standard InChI is InChI=1S/C24H19NO5/c1-16(24(28)29-15-17-7-3-2-4-8-17)30-19-13-11-18(12-14-19)25-22(26)20-9-5-6-10-21(20)23(25)27/h2-14,16H,15H2,1H3. The van der Waals surface area contributed by atoms with Crippen molar-refractivity contribution in [2.75, 3.05) is 4.90 Å². The van der Waals surface area contributed by atoms with E-state index < -0.39 is 12.1 Å². The van der Waals surface area contributed by atoms with E-state index in [4.69, 9.17) is 9.47 Å². The molecular formula is C24H19NO5. The van der Waals surface area contributed by atoms with E-state index in [2.05, 4.69) is 0 Å². The van der Waals surface area contributed by atoms with Crippen LogP contribution in [0.4, 0.5) is 5.69 Å². The van der Waals surface area contributed by atoms with Crippen LogP contribution in [0.1, 0.15) is 33.2 Å². The number of hydrogen-bond donors (Lipinski definition) is 0. The fraction of sp³-hybridized carbons (Fsp3) is 0.125. The molecule has 150 valence electrons. The van der Waals surface area contributed by atoms with Crippen LogP contribution >= 0.6 is 0 Å². The van der Waals surface area contributed by atoms with Crippen LogP contribution in [0.3, 0.4) is 0 Å². The highest BCUT2D eigenvalue weighted by atomic mass is 16.6. The Bertz CT molecular complexity index is 1060. The minimum atomic E-state index is -0.807. The number of amides is 2. The number of carbonyl (C=O) groups excluding carboxylic acids is 3. The first-order valence-corrected chi connectivity index (χ1v) is 9.49. The molecule has 0 aromatic heterocycles. The van der Waals surface area contributed by atoms with Crippen LogP contribution in [-0.2, 0) is 16.1 Å². The Morgan fingerprint density at radius 1 is 0.833 bits per heavy atom. The van der Waals surface area contributed by atoms with Crippen molar-refractivity contribution in [1.82, 2.24) is 0 Å². The molecule has 0 bridgehead atoms. The molecule has 1 atom stereocenters. The van der Waals surface area contributed by atoms with Crippen molar-refractivity contribution in [3.63, 3.8) is 0 Å². The number of nitrogens with zero attached hydrogens (tertiary/aromatic N) is 1. The molecule has 3 aromatic rings. The van der Waals surface area contributed by atoms with Crippen LogP contribution in [0.25, 0.3) is 0 Å². The number of imide groups is 1. The van der Waals surface area contributed by atoms with Gasteiger partial charge in [-0.15, -0.1) is 0 Å². The normalized spacial score (nSPS) is 13.7. The van der Waals surface area contributed by atoms with E-state index in [1.54, 1.807) is 55.5 Å². The van der Waals surface area contributed by atoms with Crippen LogP contribution in [-0.4, -0.2) is 23.9 Å². The third-order valence-electron chi connectivity index (χ3n) is 4.76. The number of ether oxygens (including phenoxy) is 2. The third kappa shape index (κ3) is 3.80. The maximum atomic E-state index is 12.6. The molecule has 30 heavy (non-hydrogen) atoms. The van der Waals surface area contributed by atoms with Crippen molar-refractivity contribution in [2.24, 2.45) is 0 Å². The molecule has 0 fully saturated rings. The molecule has 0 saturated carbocycles. The summed E-state index contributed by atoms with van der Waals surface area (Å²) in [6.07, 6.45) is -0.807. The summed E-state index contributed by atoms with van der Waals surface area (Å²) in [6.45, 7) is 1.78. The van der Waals surface area contributed by atoms with E-state index in [1.165, 1.54) is 0 Å². The van der Waals surface area contributed by atoms with Crippen molar-refractivity contribution in [3.05, 3.63) is 95.6 Å². The topological polar surface area (TPSA) is 72.9 Å². The zero-order valence-electron chi connectivity index (χ0n) is 16.3. The quantitative estimate of drug-likeness (QED) is 0.461. The van der Waals surface area contributed by atoms with Crippen LogP contribution < -0.4 is 9.64 Å². The van der Waals surface area contributed by atoms with Crippen molar-refractivity contribution >= 4 is 23.5 Å². The molecule has 1 heterocycles. The first kappa shape index (κ1) is 19.4. The van der Waals surface area contributed by atoms with Gasteiger partial charge in [0.25, 0.3) is 11.8 Å². The van der Waals surface area contributed by atoms with Crippen molar-refractivity contribution in [2.45, 2.75) is 19.6 Å². The average molecular weight is 401 g/mol. The number of hydrogen-bond acceptors (Lipinski definition) is 5. The summed E-state index contributed by atoms with van der Waals surface area (Å²) in [5, 5.41) is 0. The number of benzene rings is 3. The van der Waals surface area contributed by atoms with Gasteiger partial charge in [-0.3, -0.25) is 9.59 Å². The molecule has 0 radical (unpaired) electrons. The first-order chi connectivity index (χ1) is 14.5. The molecule has 6 heteroatoms. The monoisotopic (exact) mass is 401 g/mol. The summed E-state index contributed by atoms with van der Waals surface area (Å²) < 4.78 is 10.9. The molecular weight excluding hydrogens is 382 g/mol. The highest BCUT2D eigenvalue weighted by Gasteiger charge is 2.36. The molecule has 0 saturated heterocycles. The van der Waals surface area contributed by atoms with Crippen LogP contribution in [0, 0.1) is 0 Å². The second kappa shape index (κ2) is 8.21. The van der Waals surface area contributed by atoms with Crippen molar-refractivity contribution < 1.29 is 23.9 Å². The Morgan fingerprint density at radius 3 is 2.00 bits per heavy atom. The summed E-state index contributed by atoms with van der Waals surface area (Å²) in [5.74, 6) is -0.771. The highest BCUT2D eigenvalue weighted by Crippen LogP contribution is 2.29. The number of esters is 1. The van der Waals surface area contributed by atoms with Gasteiger partial charge in [-0.1, -0.05) is 42.5 Å². The lowest BCUT2D eigenvalue weighted by Gasteiger charge is -2.16. The van der Waals surface area contributed by atoms with Gasteiger partial charge in [0.2, 0.25) is 0 Å². The van der Waals surface area contributed by atoms with E-state index in [9.17, 15) is 14.4 Å². The van der Waals surface area contributed by atoms with E-state index >= 15 is 0 Å². The minimum Gasteiger partial charge on any atom is -0.479 e. The third-order valence-corrected chi connectivity index (χ3v) is 4.76. The molecule has 1 unspecified atom stereocenters. The molecule has 6 nitrogen and oxygen atoms in total. The van der Waals surface area contributed by atoms with Crippen LogP contribution in [0.15, 0.2) is 78.9 Å². The van der Waals surface area contributed by atoms with Gasteiger partial charge in [-0.05, 0) is 48.9 Å². The summed E-state index contributed by atoms with van der Waals surface area (Å²) in [5.41, 5.74) is 2.10. The molecule has 2 amide bonds. The fourth-order valence-corrected chi connectivity index (χ4v) is 3.20. The van der Waals surface area contributed by atoms with Gasteiger partial charge >= 0.3 is 5.97 Å². The Hall–Kier alpha value is -3.93. The smallest absolute Gasteiger partial charge is 0.347 e. The zero-order chi connectivity index (χ0) is 21.1. The second-order valence-electron chi connectivity index (χ2n) is 6.84. The van der Waals surface area contributed by atoms with Gasteiger partial charge in [0.15, 0.2) is 6.10 Å². The van der Waals surface area contributed by atoms with Gasteiger partial charge in [0.05, 0.1) is 16.8 Å². The van der Waals surface area contributed by atoms with E-state index in [0.29, 0.717) is 22.6 Å². The molecule has 1 aliphatic heterocycles. The Balaban J connectivity index is 1.39. The van der Waals surface area contributed by atoms with Gasteiger partial charge in [0, 0.05) is 0 Å². The van der Waals surface area contributed by atoms with Crippen LogP contribution in [0.5, 0.6) is 5.75 Å². The fourth-order valence-electron chi connectivity index (χ4n) is 3.20. The van der Waals surface area contributed by atoms with Gasteiger partial charge in [-0.2, -0.15) is 0 Å². The maximum absolute atomic E-state index is 12.6. The molecule has 0 N–H and O–H groups in total. The summed E-state index contributed by atoms with van der Waals surface area (Å²) in [6, 6.07) is 22.5. The highest BCUT2D eigenvalue weighted by molar-refractivity contribution is 6.34. The first-order valence-electron chi connectivity index (χ1n) is 9.49. The predicted octanol–water partition coefficient (Wildman–Crippen LogP) is 4.00. The zero-order valence-corrected chi connectivity index (χ0v) is 16.3. The number of fused-ring (bicyclic) bond motifs is 1. The Labute approximate surface area is 173 Å². The number of anilines is 1. The summed E-state index contributed by atoms with van der Waals surface area (Å²) in [4.78, 5) is 38.4. The van der Waals surface area contributed by atoms with E-state index in [-0.39, 0.29) is 18.4 Å². The molecule has 3 aromatic carbocycles. The lowest BCUT2D eigenvalue weighted by atomic mass is 10.1. The van der Waals surface area contributed by atoms with E-state index in [1.807, 2.05) is 30.3 Å². The lowest BCUT2D eigenvalue weighted by molar-refractivity contribution is -0.152. The molecule has 0 spiro atoms. The van der Waals surface area contributed by atoms with Crippen LogP contribution in [0.2, 0.25) is 0 Å². The molecule has 1 aliphatic rings. The van der Waals surface area contributed by atoms with Gasteiger partial charge in [0.1, 0.15) is 12.4 Å². The Morgan fingerprint density at radius 2 is 1.40 bits per heavy atom. The average Bonchev–Trinajstić information content (AvgIpc) is 3.04. The Kier molecular flexibility index (Phi) is 5.30. The summed E-state index contributed by atoms with van der Waals surface area (Å²) in [7, 11) is 0. The predicted molar refractivity (Wildman–Crippen MR) is 110 cm³/mol. The second-order valence-corrected chi connectivity index (χ2v) is 6.84. The molecule has 0 aliphatic carbocycles. The largest absolute Gasteiger partial charge is 0.479 e. The number of rotatable bonds is 6. The van der Waals surface area contributed by atoms with Gasteiger partial charge < -0.3 is 9.47 Å². The summed E-state index contributed by atoms with van der Waals surface area (Å²) >= 11 is 0. The lowest BCUT2D eigenvalue weighted by Crippen LogP contribution is -2.29. The number of carbonyl (C=O) groups is 3. The molecule has 4 rings (SSSR count). The van der Waals surface area contributed by atoms with Crippen molar-refractivity contribution in [1.29, 1.82) is 0 Å². The van der Waals surface area contributed by atoms with Gasteiger partial charge in [-0.25, -0.2) is 9.69 Å². The maximum Gasteiger partial charge on any atom is 0.347 e. The SMILES string of the molecule is CC(Oc1ccc(N2C(=O)c3ccccc3C2=O)cc1)C(=O)OCc1ccccc1. The minimum absolute atomic E-state index is 0.173. The van der Waals surface area contributed by atoms with Crippen molar-refractivity contribution in [3.8, 4) is 5.75 Å². The van der Waals surface area contributed by atoms with E-state index in [0.717, 1.165) is 10.5 Å².